The second-order valence-corrected chi connectivity index (χ2v) is 5.80. The van der Waals surface area contributed by atoms with E-state index in [1.54, 1.807) is 6.07 Å². The molecule has 0 amide bonds. The smallest absolute Gasteiger partial charge is 0.213 e. The summed E-state index contributed by atoms with van der Waals surface area (Å²) in [6.45, 7) is 7.50. The first-order chi connectivity index (χ1) is 8.56. The fraction of sp³-hybridized carbons (Fsp3) is 0.667. The van der Waals surface area contributed by atoms with Crippen LogP contribution in [0.1, 0.15) is 33.6 Å². The number of ether oxygens (including phenoxy) is 1. The lowest BCUT2D eigenvalue weighted by atomic mass is 9.67. The van der Waals surface area contributed by atoms with Crippen LogP contribution >= 0.6 is 0 Å². The van der Waals surface area contributed by atoms with Gasteiger partial charge in [-0.05, 0) is 42.6 Å². The third-order valence-electron chi connectivity index (χ3n) is 4.25. The van der Waals surface area contributed by atoms with Gasteiger partial charge in [0, 0.05) is 6.07 Å². The highest BCUT2D eigenvalue weighted by molar-refractivity contribution is 5.10. The van der Waals surface area contributed by atoms with Crippen LogP contribution in [0.25, 0.3) is 0 Å². The molecule has 100 valence electrons. The van der Waals surface area contributed by atoms with Crippen molar-refractivity contribution >= 4 is 0 Å². The highest BCUT2D eigenvalue weighted by Gasteiger charge is 2.32. The molecule has 1 aromatic rings. The number of rotatable bonds is 5. The number of hydrogen-bond donors (Lipinski definition) is 0. The standard InChI is InChI=1S/C15H22FNO/c1-10-6-13(7-10)12(3)11(2)9-18-15-5-4-14(16)8-17-15/h4-5,8,10-13H,6-7,9H2,1-3H3. The minimum Gasteiger partial charge on any atom is -0.477 e. The predicted molar refractivity (Wildman–Crippen MR) is 69.9 cm³/mol. The molecule has 2 nitrogen and oxygen atoms in total. The Morgan fingerprint density at radius 1 is 1.39 bits per heavy atom. The van der Waals surface area contributed by atoms with Crippen LogP contribution in [0, 0.1) is 29.5 Å². The summed E-state index contributed by atoms with van der Waals surface area (Å²) in [5, 5.41) is 0. The molecule has 1 aliphatic carbocycles. The Hall–Kier alpha value is -1.12. The molecule has 1 fully saturated rings. The van der Waals surface area contributed by atoms with Gasteiger partial charge in [-0.1, -0.05) is 20.8 Å². The summed E-state index contributed by atoms with van der Waals surface area (Å²) in [4.78, 5) is 3.90. The summed E-state index contributed by atoms with van der Waals surface area (Å²) in [5.41, 5.74) is 0. The van der Waals surface area contributed by atoms with Crippen LogP contribution in [0.15, 0.2) is 18.3 Å². The molecule has 0 bridgehead atoms. The van der Waals surface area contributed by atoms with Crippen molar-refractivity contribution in [3.63, 3.8) is 0 Å². The Labute approximate surface area is 109 Å². The summed E-state index contributed by atoms with van der Waals surface area (Å²) < 4.78 is 18.3. The molecule has 18 heavy (non-hydrogen) atoms. The average Bonchev–Trinajstić information content (AvgIpc) is 2.33. The minimum absolute atomic E-state index is 0.327. The number of nitrogens with zero attached hydrogens (tertiary/aromatic N) is 1. The molecular formula is C15H22FNO. The lowest BCUT2D eigenvalue weighted by molar-refractivity contribution is 0.0870. The first-order valence-electron chi connectivity index (χ1n) is 6.80. The summed E-state index contributed by atoms with van der Waals surface area (Å²) in [7, 11) is 0. The van der Waals surface area contributed by atoms with E-state index in [4.69, 9.17) is 4.74 Å². The fourth-order valence-corrected chi connectivity index (χ4v) is 2.67. The van der Waals surface area contributed by atoms with Gasteiger partial charge in [0.15, 0.2) is 0 Å². The monoisotopic (exact) mass is 251 g/mol. The van der Waals surface area contributed by atoms with Gasteiger partial charge >= 0.3 is 0 Å². The van der Waals surface area contributed by atoms with Gasteiger partial charge in [-0.25, -0.2) is 9.37 Å². The molecule has 0 saturated heterocycles. The number of pyridine rings is 1. The van der Waals surface area contributed by atoms with Gasteiger partial charge in [0.2, 0.25) is 5.88 Å². The molecule has 1 aromatic heterocycles. The minimum atomic E-state index is -0.327. The molecule has 2 unspecified atom stereocenters. The Morgan fingerprint density at radius 2 is 2.11 bits per heavy atom. The zero-order valence-corrected chi connectivity index (χ0v) is 11.4. The third kappa shape index (κ3) is 3.21. The molecule has 0 aliphatic heterocycles. The Balaban J connectivity index is 1.77. The van der Waals surface area contributed by atoms with Crippen LogP contribution in [-0.2, 0) is 0 Å². The summed E-state index contributed by atoms with van der Waals surface area (Å²) in [6.07, 6.45) is 3.89. The van der Waals surface area contributed by atoms with Crippen molar-refractivity contribution in [3.8, 4) is 5.88 Å². The van der Waals surface area contributed by atoms with E-state index < -0.39 is 0 Å². The number of aromatic nitrogens is 1. The molecule has 0 spiro atoms. The SMILES string of the molecule is CC1CC(C(C)C(C)COc2ccc(F)cn2)C1. The first kappa shape index (κ1) is 13.3. The van der Waals surface area contributed by atoms with Gasteiger partial charge in [0.25, 0.3) is 0 Å². The fourth-order valence-electron chi connectivity index (χ4n) is 2.67. The molecular weight excluding hydrogens is 229 g/mol. The highest BCUT2D eigenvalue weighted by atomic mass is 19.1. The van der Waals surface area contributed by atoms with Gasteiger partial charge < -0.3 is 4.74 Å². The topological polar surface area (TPSA) is 22.1 Å². The van der Waals surface area contributed by atoms with Crippen LogP contribution in [0.4, 0.5) is 4.39 Å². The maximum atomic E-state index is 12.7. The van der Waals surface area contributed by atoms with E-state index in [0.717, 1.165) is 11.8 Å². The molecule has 2 atom stereocenters. The van der Waals surface area contributed by atoms with Gasteiger partial charge in [-0.15, -0.1) is 0 Å². The Morgan fingerprint density at radius 3 is 2.67 bits per heavy atom. The van der Waals surface area contributed by atoms with E-state index in [2.05, 4.69) is 25.8 Å². The summed E-state index contributed by atoms with van der Waals surface area (Å²) >= 11 is 0. The summed E-state index contributed by atoms with van der Waals surface area (Å²) in [5.74, 6) is 3.12. The second-order valence-electron chi connectivity index (χ2n) is 5.80. The Kier molecular flexibility index (Phi) is 4.20. The highest BCUT2D eigenvalue weighted by Crippen LogP contribution is 2.41. The van der Waals surface area contributed by atoms with E-state index in [1.165, 1.54) is 25.1 Å². The van der Waals surface area contributed by atoms with Crippen LogP contribution in [0.2, 0.25) is 0 Å². The average molecular weight is 251 g/mol. The predicted octanol–water partition coefficient (Wildman–Crippen LogP) is 3.92. The van der Waals surface area contributed by atoms with Gasteiger partial charge in [0.05, 0.1) is 12.8 Å². The van der Waals surface area contributed by atoms with Gasteiger partial charge in [-0.2, -0.15) is 0 Å². The van der Waals surface area contributed by atoms with E-state index in [-0.39, 0.29) is 5.82 Å². The second kappa shape index (κ2) is 5.68. The number of hydrogen-bond acceptors (Lipinski definition) is 2. The van der Waals surface area contributed by atoms with Crippen molar-refractivity contribution < 1.29 is 9.13 Å². The van der Waals surface area contributed by atoms with Crippen LogP contribution in [-0.4, -0.2) is 11.6 Å². The lowest BCUT2D eigenvalue weighted by Crippen LogP contribution is -2.32. The molecule has 3 heteroatoms. The number of halogens is 1. The largest absolute Gasteiger partial charge is 0.477 e. The van der Waals surface area contributed by atoms with Crippen molar-refractivity contribution in [2.24, 2.45) is 23.7 Å². The molecule has 1 heterocycles. The molecule has 0 radical (unpaired) electrons. The van der Waals surface area contributed by atoms with E-state index in [9.17, 15) is 4.39 Å². The maximum Gasteiger partial charge on any atom is 0.213 e. The maximum absolute atomic E-state index is 12.7. The van der Waals surface area contributed by atoms with Gasteiger partial charge in [-0.3, -0.25) is 0 Å². The van der Waals surface area contributed by atoms with Crippen molar-refractivity contribution in [2.45, 2.75) is 33.6 Å². The van der Waals surface area contributed by atoms with Crippen molar-refractivity contribution in [2.75, 3.05) is 6.61 Å². The summed E-state index contributed by atoms with van der Waals surface area (Å²) in [6, 6.07) is 2.96. The molecule has 0 aromatic carbocycles. The zero-order chi connectivity index (χ0) is 13.1. The normalized spacial score (nSPS) is 26.2. The Bertz CT molecular complexity index is 373. The molecule has 0 N–H and O–H groups in total. The lowest BCUT2D eigenvalue weighted by Gasteiger charge is -2.39. The van der Waals surface area contributed by atoms with Gasteiger partial charge in [0.1, 0.15) is 5.82 Å². The van der Waals surface area contributed by atoms with Crippen LogP contribution < -0.4 is 4.74 Å². The van der Waals surface area contributed by atoms with Crippen molar-refractivity contribution in [1.82, 2.24) is 4.98 Å². The zero-order valence-electron chi connectivity index (χ0n) is 11.4. The molecule has 1 aliphatic rings. The van der Waals surface area contributed by atoms with E-state index in [1.807, 2.05) is 0 Å². The van der Waals surface area contributed by atoms with Crippen molar-refractivity contribution in [3.05, 3.63) is 24.1 Å². The van der Waals surface area contributed by atoms with E-state index in [0.29, 0.717) is 24.3 Å². The van der Waals surface area contributed by atoms with Crippen LogP contribution in [0.5, 0.6) is 5.88 Å². The first-order valence-corrected chi connectivity index (χ1v) is 6.80. The molecule has 2 rings (SSSR count). The quantitative estimate of drug-likeness (QED) is 0.791. The van der Waals surface area contributed by atoms with E-state index >= 15 is 0 Å². The van der Waals surface area contributed by atoms with Crippen LogP contribution in [0.3, 0.4) is 0 Å². The molecule has 1 saturated carbocycles. The van der Waals surface area contributed by atoms with Crippen molar-refractivity contribution in [1.29, 1.82) is 0 Å². The third-order valence-corrected chi connectivity index (χ3v) is 4.25.